The highest BCUT2D eigenvalue weighted by atomic mass is 32.1. The van der Waals surface area contributed by atoms with Gasteiger partial charge in [-0.05, 0) is 38.2 Å². The third-order valence-corrected chi connectivity index (χ3v) is 5.07. The van der Waals surface area contributed by atoms with Crippen LogP contribution in [0.2, 0.25) is 0 Å². The number of carbonyl (C=O) groups is 3. The predicted molar refractivity (Wildman–Crippen MR) is 90.9 cm³/mol. The molecule has 1 aromatic heterocycles. The topological polar surface area (TPSA) is 87.3 Å². The van der Waals surface area contributed by atoms with E-state index in [0.29, 0.717) is 36.4 Å². The van der Waals surface area contributed by atoms with Crippen molar-refractivity contribution in [3.8, 4) is 0 Å². The van der Waals surface area contributed by atoms with Crippen molar-refractivity contribution in [2.45, 2.75) is 52.0 Å². The highest BCUT2D eigenvalue weighted by Gasteiger charge is 2.29. The Morgan fingerprint density at radius 3 is 2.78 bits per heavy atom. The van der Waals surface area contributed by atoms with Crippen LogP contribution in [0.15, 0.2) is 0 Å². The van der Waals surface area contributed by atoms with Gasteiger partial charge in [-0.15, -0.1) is 11.3 Å². The summed E-state index contributed by atoms with van der Waals surface area (Å²) in [4.78, 5) is 36.2. The summed E-state index contributed by atoms with van der Waals surface area (Å²) in [5, 5.41) is 9.13. The normalized spacial score (nSPS) is 16.3. The van der Waals surface area contributed by atoms with Crippen LogP contribution in [-0.2, 0) is 22.4 Å². The van der Waals surface area contributed by atoms with E-state index >= 15 is 0 Å². The Kier molecular flexibility index (Phi) is 6.15. The van der Waals surface area contributed by atoms with Gasteiger partial charge in [-0.2, -0.15) is 0 Å². The molecule has 3 N–H and O–H groups in total. The van der Waals surface area contributed by atoms with Crippen molar-refractivity contribution in [3.05, 3.63) is 16.0 Å². The first-order chi connectivity index (χ1) is 11.1. The van der Waals surface area contributed by atoms with Gasteiger partial charge < -0.3 is 16.0 Å². The second-order valence-corrected chi connectivity index (χ2v) is 6.69. The molecule has 0 radical (unpaired) electrons. The number of fused-ring (bicyclic) bond motifs is 1. The summed E-state index contributed by atoms with van der Waals surface area (Å²) in [5.41, 5.74) is 1.52. The maximum absolute atomic E-state index is 12.5. The van der Waals surface area contributed by atoms with Gasteiger partial charge in [0.15, 0.2) is 0 Å². The number of thiophene rings is 1. The Morgan fingerprint density at radius 1 is 1.35 bits per heavy atom. The van der Waals surface area contributed by atoms with E-state index < -0.39 is 0 Å². The average molecular weight is 337 g/mol. The molecule has 0 spiro atoms. The lowest BCUT2D eigenvalue weighted by atomic mass is 9.91. The van der Waals surface area contributed by atoms with Crippen LogP contribution >= 0.6 is 11.3 Å². The van der Waals surface area contributed by atoms with Gasteiger partial charge in [-0.25, -0.2) is 0 Å². The van der Waals surface area contributed by atoms with Gasteiger partial charge in [-0.3, -0.25) is 14.4 Å². The molecule has 0 fully saturated rings. The average Bonchev–Trinajstić information content (AvgIpc) is 2.85. The van der Waals surface area contributed by atoms with Crippen LogP contribution in [0.5, 0.6) is 0 Å². The second-order valence-electron chi connectivity index (χ2n) is 5.59. The van der Waals surface area contributed by atoms with E-state index in [2.05, 4.69) is 16.0 Å². The summed E-state index contributed by atoms with van der Waals surface area (Å²) < 4.78 is 0. The van der Waals surface area contributed by atoms with Gasteiger partial charge in [0.2, 0.25) is 12.3 Å². The molecule has 3 amide bonds. The summed E-state index contributed by atoms with van der Waals surface area (Å²) in [7, 11) is 0. The highest BCUT2D eigenvalue weighted by Crippen LogP contribution is 2.38. The van der Waals surface area contributed by atoms with E-state index in [9.17, 15) is 14.4 Å². The molecule has 1 atom stereocenters. The van der Waals surface area contributed by atoms with E-state index in [1.807, 2.05) is 13.8 Å². The molecular formula is C16H23N3O3S. The lowest BCUT2D eigenvalue weighted by Crippen LogP contribution is -2.34. The first kappa shape index (κ1) is 17.5. The van der Waals surface area contributed by atoms with E-state index in [0.717, 1.165) is 29.7 Å². The zero-order chi connectivity index (χ0) is 16.8. The van der Waals surface area contributed by atoms with E-state index in [-0.39, 0.29) is 17.9 Å². The minimum absolute atomic E-state index is 0.0435. The Morgan fingerprint density at radius 2 is 2.13 bits per heavy atom. The Bertz CT molecular complexity index is 598. The molecule has 1 unspecified atom stereocenters. The molecule has 0 aliphatic heterocycles. The Balaban J connectivity index is 2.33. The van der Waals surface area contributed by atoms with Crippen LogP contribution < -0.4 is 16.0 Å². The van der Waals surface area contributed by atoms with Crippen molar-refractivity contribution >= 4 is 34.6 Å². The van der Waals surface area contributed by atoms with Gasteiger partial charge in [0.1, 0.15) is 5.00 Å². The minimum Gasteiger partial charge on any atom is -0.356 e. The van der Waals surface area contributed by atoms with Crippen molar-refractivity contribution in [1.29, 1.82) is 0 Å². The van der Waals surface area contributed by atoms with Crippen LogP contribution in [-0.4, -0.2) is 30.8 Å². The lowest BCUT2D eigenvalue weighted by Gasteiger charge is -2.22. The highest BCUT2D eigenvalue weighted by molar-refractivity contribution is 7.17. The number of anilines is 1. The van der Waals surface area contributed by atoms with Crippen molar-refractivity contribution in [2.75, 3.05) is 11.9 Å². The molecule has 0 saturated carbocycles. The van der Waals surface area contributed by atoms with Gasteiger partial charge in [0.25, 0.3) is 5.91 Å². The van der Waals surface area contributed by atoms with E-state index in [1.54, 1.807) is 0 Å². The predicted octanol–water partition coefficient (Wildman–Crippen LogP) is 1.84. The number of carbonyl (C=O) groups excluding carboxylic acids is 3. The lowest BCUT2D eigenvalue weighted by molar-refractivity contribution is -0.116. The SMILES string of the molecule is CCCC(=O)Nc1sc2c(c1C(=O)NCC)CC(NC=O)CC2. The maximum atomic E-state index is 12.5. The minimum atomic E-state index is -0.163. The first-order valence-electron chi connectivity index (χ1n) is 8.02. The van der Waals surface area contributed by atoms with Gasteiger partial charge in [0, 0.05) is 23.9 Å². The van der Waals surface area contributed by atoms with Gasteiger partial charge in [0.05, 0.1) is 5.56 Å². The van der Waals surface area contributed by atoms with Crippen molar-refractivity contribution in [3.63, 3.8) is 0 Å². The molecule has 0 aromatic carbocycles. The van der Waals surface area contributed by atoms with Crippen molar-refractivity contribution in [1.82, 2.24) is 10.6 Å². The molecule has 1 heterocycles. The van der Waals surface area contributed by atoms with Crippen LogP contribution in [0.1, 0.15) is 53.9 Å². The number of nitrogens with one attached hydrogen (secondary N) is 3. The summed E-state index contributed by atoms with van der Waals surface area (Å²) in [6.45, 7) is 4.34. The van der Waals surface area contributed by atoms with Crippen LogP contribution in [0.3, 0.4) is 0 Å². The van der Waals surface area contributed by atoms with Gasteiger partial charge >= 0.3 is 0 Å². The smallest absolute Gasteiger partial charge is 0.254 e. The number of rotatable bonds is 7. The largest absolute Gasteiger partial charge is 0.356 e. The summed E-state index contributed by atoms with van der Waals surface area (Å²) in [6, 6.07) is 0.0435. The molecule has 7 heteroatoms. The molecule has 6 nitrogen and oxygen atoms in total. The molecule has 1 aliphatic rings. The molecule has 2 rings (SSSR count). The fraction of sp³-hybridized carbons (Fsp3) is 0.562. The van der Waals surface area contributed by atoms with Crippen LogP contribution in [0.4, 0.5) is 5.00 Å². The third-order valence-electron chi connectivity index (χ3n) is 3.86. The summed E-state index contributed by atoms with van der Waals surface area (Å²) >= 11 is 1.48. The van der Waals surface area contributed by atoms with Crippen molar-refractivity contribution in [2.24, 2.45) is 0 Å². The zero-order valence-electron chi connectivity index (χ0n) is 13.5. The quantitative estimate of drug-likeness (QED) is 0.664. The van der Waals surface area contributed by atoms with Gasteiger partial charge in [-0.1, -0.05) is 6.92 Å². The Hall–Kier alpha value is -1.89. The van der Waals surface area contributed by atoms with Crippen LogP contribution in [0, 0.1) is 0 Å². The molecule has 1 aliphatic carbocycles. The fourth-order valence-electron chi connectivity index (χ4n) is 2.82. The summed E-state index contributed by atoms with van der Waals surface area (Å²) in [6.07, 6.45) is 4.19. The van der Waals surface area contributed by atoms with Crippen LogP contribution in [0.25, 0.3) is 0 Å². The number of hydrogen-bond acceptors (Lipinski definition) is 4. The monoisotopic (exact) mass is 337 g/mol. The van der Waals surface area contributed by atoms with E-state index in [1.165, 1.54) is 11.3 Å². The number of amides is 3. The molecule has 0 bridgehead atoms. The second kappa shape index (κ2) is 8.10. The number of aryl methyl sites for hydroxylation is 1. The molecule has 126 valence electrons. The maximum Gasteiger partial charge on any atom is 0.254 e. The third kappa shape index (κ3) is 4.10. The molecular weight excluding hydrogens is 314 g/mol. The van der Waals surface area contributed by atoms with E-state index in [4.69, 9.17) is 0 Å². The fourth-order valence-corrected chi connectivity index (χ4v) is 4.07. The van der Waals surface area contributed by atoms with Crippen molar-refractivity contribution < 1.29 is 14.4 Å². The molecule has 23 heavy (non-hydrogen) atoms. The molecule has 0 saturated heterocycles. The number of hydrogen-bond donors (Lipinski definition) is 3. The molecule has 1 aromatic rings. The summed E-state index contributed by atoms with van der Waals surface area (Å²) in [5.74, 6) is -0.234. The standard InChI is InChI=1S/C16H23N3O3S/c1-3-5-13(21)19-16-14(15(22)17-4-2)11-8-10(18-9-20)6-7-12(11)23-16/h9-10H,3-8H2,1-2H3,(H,17,22)(H,18,20)(H,19,21). The first-order valence-corrected chi connectivity index (χ1v) is 8.84. The zero-order valence-corrected chi connectivity index (χ0v) is 14.3. The Labute approximate surface area is 140 Å².